The highest BCUT2D eigenvalue weighted by molar-refractivity contribution is 7.81. The molecule has 0 spiro atoms. The van der Waals surface area contributed by atoms with Crippen LogP contribution in [0.25, 0.3) is 0 Å². The van der Waals surface area contributed by atoms with Gasteiger partial charge in [0.1, 0.15) is 6.04 Å². The first-order valence-corrected chi connectivity index (χ1v) is 5.99. The number of carboxylic acids is 1. The van der Waals surface area contributed by atoms with Crippen LogP contribution in [0.3, 0.4) is 0 Å². The Labute approximate surface area is 108 Å². The molecule has 0 saturated heterocycles. The molecule has 0 unspecified atom stereocenters. The zero-order valence-corrected chi connectivity index (χ0v) is 11.3. The van der Waals surface area contributed by atoms with Gasteiger partial charge in [-0.3, -0.25) is 10.1 Å². The topological polar surface area (TPSA) is 49.3 Å². The van der Waals surface area contributed by atoms with Gasteiger partial charge >= 0.3 is 5.97 Å². The smallest absolute Gasteiger partial charge is 0.322 e. The molecule has 1 aromatic carbocycles. The lowest BCUT2D eigenvalue weighted by atomic mass is 10.0. The molecule has 0 aliphatic heterocycles. The van der Waals surface area contributed by atoms with Crippen LogP contribution in [0.15, 0.2) is 24.3 Å². The molecule has 0 bridgehead atoms. The number of aliphatic carboxylic acids is 1. The van der Waals surface area contributed by atoms with Crippen LogP contribution >= 0.6 is 12.6 Å². The molecular weight excluding hydrogens is 234 g/mol. The standard InChI is InChI=1S/C13H19NO2S/c1-9-4-6-10(7-5-9)8-14-11(12(15)16)13(2,3)17/h4-7,11,14,17H,8H2,1-3H3,(H,15,16)/t11-/m0/s1. The summed E-state index contributed by atoms with van der Waals surface area (Å²) in [5.41, 5.74) is 2.26. The second-order valence-corrected chi connectivity index (χ2v) is 5.94. The molecule has 0 saturated carbocycles. The Bertz CT molecular complexity index is 381. The Morgan fingerprint density at radius 1 is 1.41 bits per heavy atom. The Morgan fingerprint density at radius 2 is 1.94 bits per heavy atom. The van der Waals surface area contributed by atoms with Crippen LogP contribution in [-0.4, -0.2) is 21.9 Å². The number of nitrogens with one attached hydrogen (secondary N) is 1. The first kappa shape index (κ1) is 14.1. The van der Waals surface area contributed by atoms with Gasteiger partial charge in [0, 0.05) is 11.3 Å². The third kappa shape index (κ3) is 4.40. The summed E-state index contributed by atoms with van der Waals surface area (Å²) in [6.45, 7) is 6.13. The minimum absolute atomic E-state index is 0.529. The summed E-state index contributed by atoms with van der Waals surface area (Å²) in [6.07, 6.45) is 0. The van der Waals surface area contributed by atoms with E-state index >= 15 is 0 Å². The molecule has 2 N–H and O–H groups in total. The lowest BCUT2D eigenvalue weighted by Crippen LogP contribution is -2.48. The van der Waals surface area contributed by atoms with E-state index in [0.717, 1.165) is 5.56 Å². The van der Waals surface area contributed by atoms with Crippen LogP contribution in [0.4, 0.5) is 0 Å². The number of rotatable bonds is 5. The maximum atomic E-state index is 11.1. The van der Waals surface area contributed by atoms with Gasteiger partial charge in [-0.1, -0.05) is 29.8 Å². The van der Waals surface area contributed by atoms with Crippen LogP contribution < -0.4 is 5.32 Å². The van der Waals surface area contributed by atoms with Gasteiger partial charge in [0.2, 0.25) is 0 Å². The van der Waals surface area contributed by atoms with Crippen molar-refractivity contribution < 1.29 is 9.90 Å². The van der Waals surface area contributed by atoms with Crippen molar-refractivity contribution in [3.8, 4) is 0 Å². The number of aryl methyl sites for hydroxylation is 1. The largest absolute Gasteiger partial charge is 0.480 e. The van der Waals surface area contributed by atoms with Crippen molar-refractivity contribution in [1.29, 1.82) is 0 Å². The van der Waals surface area contributed by atoms with E-state index in [-0.39, 0.29) is 0 Å². The molecule has 4 heteroatoms. The van der Waals surface area contributed by atoms with Crippen molar-refractivity contribution in [1.82, 2.24) is 5.32 Å². The Morgan fingerprint density at radius 3 is 2.35 bits per heavy atom. The molecule has 0 heterocycles. The van der Waals surface area contributed by atoms with E-state index in [2.05, 4.69) is 17.9 Å². The van der Waals surface area contributed by atoms with E-state index in [1.54, 1.807) is 13.8 Å². The van der Waals surface area contributed by atoms with Gasteiger partial charge < -0.3 is 5.11 Å². The molecule has 1 aromatic rings. The van der Waals surface area contributed by atoms with E-state index in [9.17, 15) is 4.79 Å². The molecule has 3 nitrogen and oxygen atoms in total. The van der Waals surface area contributed by atoms with E-state index in [0.29, 0.717) is 6.54 Å². The van der Waals surface area contributed by atoms with Crippen LogP contribution in [0.2, 0.25) is 0 Å². The van der Waals surface area contributed by atoms with E-state index < -0.39 is 16.8 Å². The molecule has 0 amide bonds. The fourth-order valence-corrected chi connectivity index (χ4v) is 1.77. The number of benzene rings is 1. The molecular formula is C13H19NO2S. The van der Waals surface area contributed by atoms with Crippen LogP contribution in [0.5, 0.6) is 0 Å². The average Bonchev–Trinajstić information content (AvgIpc) is 2.18. The normalized spacial score (nSPS) is 13.4. The minimum Gasteiger partial charge on any atom is -0.480 e. The highest BCUT2D eigenvalue weighted by Gasteiger charge is 2.31. The first-order chi connectivity index (χ1) is 7.80. The number of carbonyl (C=O) groups is 1. The van der Waals surface area contributed by atoms with Crippen molar-refractivity contribution in [2.75, 3.05) is 0 Å². The maximum Gasteiger partial charge on any atom is 0.322 e. The summed E-state index contributed by atoms with van der Waals surface area (Å²) >= 11 is 4.31. The van der Waals surface area contributed by atoms with E-state index in [1.165, 1.54) is 5.56 Å². The molecule has 0 aliphatic carbocycles. The molecule has 0 fully saturated rings. The van der Waals surface area contributed by atoms with E-state index in [1.807, 2.05) is 31.2 Å². The average molecular weight is 253 g/mol. The zero-order chi connectivity index (χ0) is 13.1. The summed E-state index contributed by atoms with van der Waals surface area (Å²) < 4.78 is -0.601. The van der Waals surface area contributed by atoms with Crippen LogP contribution in [0.1, 0.15) is 25.0 Å². The second kappa shape index (κ2) is 5.56. The van der Waals surface area contributed by atoms with Gasteiger partial charge in [-0.2, -0.15) is 12.6 Å². The van der Waals surface area contributed by atoms with Crippen molar-refractivity contribution in [2.45, 2.75) is 38.1 Å². The quantitative estimate of drug-likeness (QED) is 0.705. The molecule has 0 aliphatic rings. The summed E-state index contributed by atoms with van der Waals surface area (Å²) in [4.78, 5) is 11.1. The molecule has 17 heavy (non-hydrogen) atoms. The number of carboxylic acid groups (broad SMARTS) is 1. The zero-order valence-electron chi connectivity index (χ0n) is 10.4. The maximum absolute atomic E-state index is 11.1. The highest BCUT2D eigenvalue weighted by atomic mass is 32.1. The molecule has 1 rings (SSSR count). The lowest BCUT2D eigenvalue weighted by Gasteiger charge is -2.27. The number of hydrogen-bond donors (Lipinski definition) is 3. The number of thiol groups is 1. The van der Waals surface area contributed by atoms with Gasteiger partial charge in [-0.15, -0.1) is 0 Å². The summed E-state index contributed by atoms with van der Waals surface area (Å²) in [5.74, 6) is -0.878. The van der Waals surface area contributed by atoms with Crippen molar-refractivity contribution in [3.05, 3.63) is 35.4 Å². The Balaban J connectivity index is 2.65. The minimum atomic E-state index is -0.878. The predicted molar refractivity (Wildman–Crippen MR) is 72.5 cm³/mol. The predicted octanol–water partition coefficient (Wildman–Crippen LogP) is 2.25. The van der Waals surface area contributed by atoms with Crippen LogP contribution in [-0.2, 0) is 11.3 Å². The van der Waals surface area contributed by atoms with Crippen LogP contribution in [0, 0.1) is 6.92 Å². The highest BCUT2D eigenvalue weighted by Crippen LogP contribution is 2.18. The van der Waals surface area contributed by atoms with Gasteiger partial charge in [0.15, 0.2) is 0 Å². The van der Waals surface area contributed by atoms with Crippen molar-refractivity contribution in [2.24, 2.45) is 0 Å². The Kier molecular flexibility index (Phi) is 4.60. The Hall–Kier alpha value is -1.00. The lowest BCUT2D eigenvalue weighted by molar-refractivity contribution is -0.140. The van der Waals surface area contributed by atoms with Crippen molar-refractivity contribution >= 4 is 18.6 Å². The first-order valence-electron chi connectivity index (χ1n) is 5.55. The summed E-state index contributed by atoms with van der Waals surface area (Å²) in [7, 11) is 0. The van der Waals surface area contributed by atoms with Gasteiger partial charge in [0.05, 0.1) is 0 Å². The third-order valence-electron chi connectivity index (χ3n) is 2.58. The fraction of sp³-hybridized carbons (Fsp3) is 0.462. The third-order valence-corrected chi connectivity index (χ3v) is 2.84. The number of hydrogen-bond acceptors (Lipinski definition) is 3. The molecule has 0 radical (unpaired) electrons. The summed E-state index contributed by atoms with van der Waals surface area (Å²) in [6, 6.07) is 7.34. The monoisotopic (exact) mass is 253 g/mol. The second-order valence-electron chi connectivity index (χ2n) is 4.79. The molecule has 1 atom stereocenters. The summed E-state index contributed by atoms with van der Waals surface area (Å²) in [5, 5.41) is 12.1. The molecule has 0 aromatic heterocycles. The van der Waals surface area contributed by atoms with E-state index in [4.69, 9.17) is 5.11 Å². The fourth-order valence-electron chi connectivity index (χ4n) is 1.57. The van der Waals surface area contributed by atoms with Gasteiger partial charge in [-0.05, 0) is 26.3 Å². The van der Waals surface area contributed by atoms with Gasteiger partial charge in [0.25, 0.3) is 0 Å². The SMILES string of the molecule is Cc1ccc(CN[C@@H](C(=O)O)C(C)(C)S)cc1. The van der Waals surface area contributed by atoms with Gasteiger partial charge in [-0.25, -0.2) is 0 Å². The van der Waals surface area contributed by atoms with Crippen molar-refractivity contribution in [3.63, 3.8) is 0 Å². The molecule has 94 valence electrons.